The molecule has 4 rings (SSSR count). The van der Waals surface area contributed by atoms with E-state index in [0.717, 1.165) is 16.7 Å². The van der Waals surface area contributed by atoms with Crippen LogP contribution in [-0.4, -0.2) is 22.3 Å². The highest BCUT2D eigenvalue weighted by Crippen LogP contribution is 2.29. The van der Waals surface area contributed by atoms with Crippen molar-refractivity contribution >= 4 is 12.1 Å². The zero-order valence-corrected chi connectivity index (χ0v) is 17.1. The molecule has 0 unspecified atom stereocenters. The number of carbonyl (C=O) groups is 1. The second-order valence-electron chi connectivity index (χ2n) is 7.05. The third kappa shape index (κ3) is 5.25. The monoisotopic (exact) mass is 410 g/mol. The molecule has 2 N–H and O–H groups in total. The molecule has 0 aliphatic heterocycles. The Labute approximate surface area is 180 Å². The smallest absolute Gasteiger partial charge is 0.289 e. The number of hydrogen-bond acceptors (Lipinski definition) is 4. The van der Waals surface area contributed by atoms with Crippen molar-refractivity contribution in [1.29, 1.82) is 0 Å². The highest BCUT2D eigenvalue weighted by atomic mass is 16.5. The number of ether oxygens (including phenoxy) is 1. The van der Waals surface area contributed by atoms with Crippen LogP contribution in [0.25, 0.3) is 11.3 Å². The molecule has 0 saturated carbocycles. The number of hydrogen-bond donors (Lipinski definition) is 2. The zero-order chi connectivity index (χ0) is 21.5. The molecule has 1 aromatic heterocycles. The van der Waals surface area contributed by atoms with Gasteiger partial charge < -0.3 is 4.74 Å². The van der Waals surface area contributed by atoms with Crippen LogP contribution in [0.1, 0.15) is 27.2 Å². The van der Waals surface area contributed by atoms with Crippen LogP contribution in [0.4, 0.5) is 0 Å². The fourth-order valence-corrected chi connectivity index (χ4v) is 2.99. The van der Waals surface area contributed by atoms with Gasteiger partial charge in [-0.3, -0.25) is 9.89 Å². The van der Waals surface area contributed by atoms with E-state index < -0.39 is 0 Å². The first-order chi connectivity index (χ1) is 15.2. The number of H-pyrrole nitrogens is 1. The van der Waals surface area contributed by atoms with E-state index in [4.69, 9.17) is 4.74 Å². The van der Waals surface area contributed by atoms with E-state index in [2.05, 4.69) is 20.7 Å². The summed E-state index contributed by atoms with van der Waals surface area (Å²) in [6.07, 6.45) is 1.60. The number of aromatic amines is 1. The van der Waals surface area contributed by atoms with Crippen molar-refractivity contribution < 1.29 is 9.53 Å². The van der Waals surface area contributed by atoms with Crippen LogP contribution in [0.2, 0.25) is 0 Å². The Hall–Kier alpha value is -4.19. The van der Waals surface area contributed by atoms with Crippen LogP contribution >= 0.6 is 0 Å². The summed E-state index contributed by atoms with van der Waals surface area (Å²) in [7, 11) is 0. The van der Waals surface area contributed by atoms with Gasteiger partial charge in [-0.15, -0.1) is 0 Å². The third-order valence-corrected chi connectivity index (χ3v) is 4.68. The van der Waals surface area contributed by atoms with Crippen molar-refractivity contribution in [2.75, 3.05) is 0 Å². The standard InChI is InChI=1S/C25H22N4O2/c1-18-11-13-19(14-12-18)16-26-29-25(30)23-15-22(27-28-23)21-9-5-6-10-24(21)31-17-20-7-3-2-4-8-20/h2-16H,17H2,1H3,(H,27,28)(H,29,30)/b26-16+. The molecule has 0 fully saturated rings. The van der Waals surface area contributed by atoms with Gasteiger partial charge in [0.05, 0.1) is 11.9 Å². The van der Waals surface area contributed by atoms with E-state index in [9.17, 15) is 4.79 Å². The second-order valence-corrected chi connectivity index (χ2v) is 7.05. The average molecular weight is 410 g/mol. The van der Waals surface area contributed by atoms with E-state index in [-0.39, 0.29) is 5.91 Å². The molecule has 154 valence electrons. The number of nitrogens with one attached hydrogen (secondary N) is 2. The van der Waals surface area contributed by atoms with Crippen molar-refractivity contribution in [1.82, 2.24) is 15.6 Å². The normalized spacial score (nSPS) is 10.9. The molecule has 31 heavy (non-hydrogen) atoms. The fraction of sp³-hybridized carbons (Fsp3) is 0.0800. The lowest BCUT2D eigenvalue weighted by molar-refractivity contribution is 0.0950. The summed E-state index contributed by atoms with van der Waals surface area (Å²) in [6.45, 7) is 2.47. The molecule has 3 aromatic carbocycles. The lowest BCUT2D eigenvalue weighted by Crippen LogP contribution is -2.17. The first-order valence-electron chi connectivity index (χ1n) is 9.90. The number of aromatic nitrogens is 2. The number of amides is 1. The minimum absolute atomic E-state index is 0.314. The summed E-state index contributed by atoms with van der Waals surface area (Å²) in [6, 6.07) is 27.1. The summed E-state index contributed by atoms with van der Waals surface area (Å²) >= 11 is 0. The minimum Gasteiger partial charge on any atom is -0.488 e. The molecule has 0 saturated heterocycles. The number of carbonyl (C=O) groups excluding carboxylic acids is 1. The second kappa shape index (κ2) is 9.54. The van der Waals surface area contributed by atoms with Crippen LogP contribution < -0.4 is 10.2 Å². The molecule has 1 heterocycles. The third-order valence-electron chi connectivity index (χ3n) is 4.68. The maximum atomic E-state index is 12.4. The van der Waals surface area contributed by atoms with E-state index in [1.165, 1.54) is 5.56 Å². The van der Waals surface area contributed by atoms with Crippen LogP contribution in [0.15, 0.2) is 90.0 Å². The van der Waals surface area contributed by atoms with Crippen molar-refractivity contribution in [2.45, 2.75) is 13.5 Å². The number of para-hydroxylation sites is 1. The molecular weight excluding hydrogens is 388 g/mol. The van der Waals surface area contributed by atoms with Crippen molar-refractivity contribution in [3.63, 3.8) is 0 Å². The summed E-state index contributed by atoms with van der Waals surface area (Å²) in [5.74, 6) is 0.326. The van der Waals surface area contributed by atoms with Gasteiger partial charge in [-0.05, 0) is 36.2 Å². The molecule has 0 radical (unpaired) electrons. The zero-order valence-electron chi connectivity index (χ0n) is 17.1. The molecule has 4 aromatic rings. The molecule has 6 heteroatoms. The first-order valence-corrected chi connectivity index (χ1v) is 9.90. The topological polar surface area (TPSA) is 79.4 Å². The van der Waals surface area contributed by atoms with Gasteiger partial charge in [-0.1, -0.05) is 72.3 Å². The highest BCUT2D eigenvalue weighted by molar-refractivity contribution is 5.94. The Bertz CT molecular complexity index is 1180. The predicted octanol–water partition coefficient (Wildman–Crippen LogP) is 4.73. The van der Waals surface area contributed by atoms with Gasteiger partial charge in [0.1, 0.15) is 18.1 Å². The Morgan fingerprint density at radius 2 is 1.77 bits per heavy atom. The van der Waals surface area contributed by atoms with Crippen LogP contribution in [0.3, 0.4) is 0 Å². The number of aryl methyl sites for hydroxylation is 1. The van der Waals surface area contributed by atoms with Gasteiger partial charge in [0.25, 0.3) is 5.91 Å². The van der Waals surface area contributed by atoms with Crippen molar-refractivity contribution in [3.8, 4) is 17.0 Å². The van der Waals surface area contributed by atoms with Crippen molar-refractivity contribution in [3.05, 3.63) is 107 Å². The Morgan fingerprint density at radius 1 is 1.03 bits per heavy atom. The van der Waals surface area contributed by atoms with Gasteiger partial charge in [-0.2, -0.15) is 10.2 Å². The van der Waals surface area contributed by atoms with Crippen molar-refractivity contribution in [2.24, 2.45) is 5.10 Å². The van der Waals surface area contributed by atoms with Crippen LogP contribution in [0, 0.1) is 6.92 Å². The van der Waals surface area contributed by atoms with Gasteiger partial charge in [0.15, 0.2) is 0 Å². The number of hydrazone groups is 1. The summed E-state index contributed by atoms with van der Waals surface area (Å²) < 4.78 is 5.99. The van der Waals surface area contributed by atoms with E-state index in [1.54, 1.807) is 12.3 Å². The number of benzene rings is 3. The van der Waals surface area contributed by atoms with Gasteiger partial charge in [0, 0.05) is 5.56 Å². The first kappa shape index (κ1) is 20.1. The molecular formula is C25H22N4O2. The largest absolute Gasteiger partial charge is 0.488 e. The molecule has 0 bridgehead atoms. The van der Waals surface area contributed by atoms with Gasteiger partial charge in [0.2, 0.25) is 0 Å². The number of rotatable bonds is 7. The fourth-order valence-electron chi connectivity index (χ4n) is 2.99. The minimum atomic E-state index is -0.371. The van der Waals surface area contributed by atoms with E-state index in [1.807, 2.05) is 85.8 Å². The summed E-state index contributed by atoms with van der Waals surface area (Å²) in [5.41, 5.74) is 7.40. The maximum absolute atomic E-state index is 12.4. The molecule has 6 nitrogen and oxygen atoms in total. The molecule has 0 aliphatic rings. The predicted molar refractivity (Wildman–Crippen MR) is 121 cm³/mol. The Morgan fingerprint density at radius 3 is 2.58 bits per heavy atom. The van der Waals surface area contributed by atoms with Gasteiger partial charge >= 0.3 is 0 Å². The molecule has 0 aliphatic carbocycles. The maximum Gasteiger partial charge on any atom is 0.289 e. The Kier molecular flexibility index (Phi) is 6.18. The lowest BCUT2D eigenvalue weighted by Gasteiger charge is -2.10. The highest BCUT2D eigenvalue weighted by Gasteiger charge is 2.13. The van der Waals surface area contributed by atoms with Gasteiger partial charge in [-0.25, -0.2) is 5.43 Å². The van der Waals surface area contributed by atoms with Crippen LogP contribution in [-0.2, 0) is 6.61 Å². The quantitative estimate of drug-likeness (QED) is 0.342. The van der Waals surface area contributed by atoms with E-state index >= 15 is 0 Å². The molecule has 0 atom stereocenters. The molecule has 1 amide bonds. The Balaban J connectivity index is 1.43. The van der Waals surface area contributed by atoms with E-state index in [0.29, 0.717) is 23.7 Å². The summed E-state index contributed by atoms with van der Waals surface area (Å²) in [5, 5.41) is 11.1. The summed E-state index contributed by atoms with van der Waals surface area (Å²) in [4.78, 5) is 12.4. The molecule has 0 spiro atoms. The lowest BCUT2D eigenvalue weighted by atomic mass is 10.1. The van der Waals surface area contributed by atoms with Crippen LogP contribution in [0.5, 0.6) is 5.75 Å². The average Bonchev–Trinajstić information content (AvgIpc) is 3.30. The number of nitrogens with zero attached hydrogens (tertiary/aromatic N) is 2. The SMILES string of the molecule is Cc1ccc(/C=N/NC(=O)c2cc(-c3ccccc3OCc3ccccc3)n[nH]2)cc1.